The summed E-state index contributed by atoms with van der Waals surface area (Å²) < 4.78 is 11.7. The number of phenols is 1. The van der Waals surface area contributed by atoms with Crippen LogP contribution in [0.5, 0.6) is 5.75 Å². The Morgan fingerprint density at radius 1 is 1.25 bits per heavy atom. The molecule has 0 aliphatic carbocycles. The molecule has 1 aromatic carbocycles. The highest BCUT2D eigenvalue weighted by atomic mass is 16.5. The van der Waals surface area contributed by atoms with Crippen LogP contribution < -0.4 is 5.32 Å². The third-order valence-corrected chi connectivity index (χ3v) is 4.46. The van der Waals surface area contributed by atoms with Crippen LogP contribution in [0.3, 0.4) is 0 Å². The van der Waals surface area contributed by atoms with Gasteiger partial charge in [-0.1, -0.05) is 12.1 Å². The van der Waals surface area contributed by atoms with Crippen molar-refractivity contribution >= 4 is 5.96 Å². The van der Waals surface area contributed by atoms with E-state index in [0.717, 1.165) is 50.6 Å². The van der Waals surface area contributed by atoms with Crippen LogP contribution in [-0.2, 0) is 16.0 Å². The molecule has 2 atom stereocenters. The predicted octanol–water partition coefficient (Wildman–Crippen LogP) is 1.74. The Morgan fingerprint density at radius 3 is 2.75 bits per heavy atom. The van der Waals surface area contributed by atoms with E-state index < -0.39 is 0 Å². The molecule has 0 spiro atoms. The molecule has 0 amide bonds. The average Bonchev–Trinajstić information content (AvgIpc) is 3.15. The summed E-state index contributed by atoms with van der Waals surface area (Å²) in [6.45, 7) is 6.69. The summed E-state index contributed by atoms with van der Waals surface area (Å²) in [5.74, 6) is 1.19. The molecule has 0 bridgehead atoms. The molecule has 2 saturated heterocycles. The fourth-order valence-electron chi connectivity index (χ4n) is 3.18. The number of nitrogens with one attached hydrogen (secondary N) is 1. The quantitative estimate of drug-likeness (QED) is 0.649. The first kappa shape index (κ1) is 17.0. The van der Waals surface area contributed by atoms with Gasteiger partial charge >= 0.3 is 0 Å². The van der Waals surface area contributed by atoms with Crippen LogP contribution in [0.4, 0.5) is 0 Å². The van der Waals surface area contributed by atoms with Crippen molar-refractivity contribution in [3.05, 3.63) is 29.8 Å². The second kappa shape index (κ2) is 8.35. The number of benzene rings is 1. The lowest BCUT2D eigenvalue weighted by Gasteiger charge is -2.37. The SMILES string of the molecule is CCNC(=NCc1ccc(O)cc1)N1CCOC(C2CCCO2)C1. The Labute approximate surface area is 143 Å². The largest absolute Gasteiger partial charge is 0.508 e. The zero-order valence-corrected chi connectivity index (χ0v) is 14.3. The minimum absolute atomic E-state index is 0.124. The monoisotopic (exact) mass is 333 g/mol. The maximum Gasteiger partial charge on any atom is 0.194 e. The zero-order valence-electron chi connectivity index (χ0n) is 14.3. The molecule has 0 aromatic heterocycles. The number of hydrogen-bond donors (Lipinski definition) is 2. The Morgan fingerprint density at radius 2 is 2.04 bits per heavy atom. The van der Waals surface area contributed by atoms with E-state index in [1.54, 1.807) is 12.1 Å². The van der Waals surface area contributed by atoms with E-state index in [1.807, 2.05) is 12.1 Å². The van der Waals surface area contributed by atoms with Gasteiger partial charge in [0.25, 0.3) is 0 Å². The highest BCUT2D eigenvalue weighted by Crippen LogP contribution is 2.21. The Kier molecular flexibility index (Phi) is 5.93. The van der Waals surface area contributed by atoms with Crippen molar-refractivity contribution in [2.75, 3.05) is 32.8 Å². The molecule has 2 heterocycles. The summed E-state index contributed by atoms with van der Waals surface area (Å²) in [6.07, 6.45) is 2.55. The number of phenolic OH excluding ortho intramolecular Hbond substituents is 1. The van der Waals surface area contributed by atoms with Gasteiger partial charge in [0.15, 0.2) is 5.96 Å². The molecular weight excluding hydrogens is 306 g/mol. The highest BCUT2D eigenvalue weighted by molar-refractivity contribution is 5.80. The van der Waals surface area contributed by atoms with Crippen LogP contribution >= 0.6 is 0 Å². The van der Waals surface area contributed by atoms with Crippen molar-refractivity contribution < 1.29 is 14.6 Å². The lowest BCUT2D eigenvalue weighted by atomic mass is 10.1. The number of guanidine groups is 1. The number of nitrogens with zero attached hydrogens (tertiary/aromatic N) is 2. The van der Waals surface area contributed by atoms with Crippen molar-refractivity contribution in [3.8, 4) is 5.75 Å². The Balaban J connectivity index is 1.64. The lowest BCUT2D eigenvalue weighted by molar-refractivity contribution is -0.0817. The molecule has 0 saturated carbocycles. The van der Waals surface area contributed by atoms with E-state index in [-0.39, 0.29) is 18.0 Å². The molecule has 1 aromatic rings. The molecule has 0 radical (unpaired) electrons. The third-order valence-electron chi connectivity index (χ3n) is 4.46. The van der Waals surface area contributed by atoms with Crippen LogP contribution in [0.25, 0.3) is 0 Å². The van der Waals surface area contributed by atoms with Crippen LogP contribution in [-0.4, -0.2) is 61.0 Å². The smallest absolute Gasteiger partial charge is 0.194 e. The van der Waals surface area contributed by atoms with E-state index in [9.17, 15) is 5.11 Å². The van der Waals surface area contributed by atoms with Crippen molar-refractivity contribution in [2.45, 2.75) is 38.5 Å². The first-order valence-corrected chi connectivity index (χ1v) is 8.80. The second-order valence-electron chi connectivity index (χ2n) is 6.24. The zero-order chi connectivity index (χ0) is 16.8. The molecule has 24 heavy (non-hydrogen) atoms. The van der Waals surface area contributed by atoms with Crippen molar-refractivity contribution in [3.63, 3.8) is 0 Å². The predicted molar refractivity (Wildman–Crippen MR) is 93.2 cm³/mol. The van der Waals surface area contributed by atoms with E-state index in [0.29, 0.717) is 13.2 Å². The number of aromatic hydroxyl groups is 1. The van der Waals surface area contributed by atoms with Gasteiger partial charge in [-0.25, -0.2) is 4.99 Å². The van der Waals surface area contributed by atoms with Crippen LogP contribution in [0, 0.1) is 0 Å². The number of aliphatic imine (C=N–C) groups is 1. The average molecular weight is 333 g/mol. The van der Waals surface area contributed by atoms with Gasteiger partial charge in [0, 0.05) is 26.2 Å². The standard InChI is InChI=1S/C18H27N3O3/c1-2-19-18(20-12-14-5-7-15(22)8-6-14)21-9-11-24-17(13-21)16-4-3-10-23-16/h5-8,16-17,22H,2-4,9-13H2,1H3,(H,19,20). The molecule has 6 heteroatoms. The van der Waals surface area contributed by atoms with Crippen molar-refractivity contribution in [1.29, 1.82) is 0 Å². The maximum absolute atomic E-state index is 9.37. The first-order valence-electron chi connectivity index (χ1n) is 8.80. The molecule has 6 nitrogen and oxygen atoms in total. The molecule has 2 aliphatic rings. The third kappa shape index (κ3) is 4.39. The molecule has 2 fully saturated rings. The minimum atomic E-state index is 0.124. The maximum atomic E-state index is 9.37. The Hall–Kier alpha value is -1.79. The highest BCUT2D eigenvalue weighted by Gasteiger charge is 2.32. The van der Waals surface area contributed by atoms with E-state index in [4.69, 9.17) is 14.5 Å². The Bertz CT molecular complexity index is 541. The van der Waals surface area contributed by atoms with Gasteiger partial charge < -0.3 is 24.8 Å². The van der Waals surface area contributed by atoms with Crippen LogP contribution in [0.15, 0.2) is 29.3 Å². The number of morpholine rings is 1. The van der Waals surface area contributed by atoms with E-state index in [2.05, 4.69) is 17.1 Å². The fraction of sp³-hybridized carbons (Fsp3) is 0.611. The molecule has 2 aliphatic heterocycles. The van der Waals surface area contributed by atoms with Gasteiger partial charge in [-0.05, 0) is 37.5 Å². The summed E-state index contributed by atoms with van der Waals surface area (Å²) in [5, 5.41) is 12.7. The molecule has 2 N–H and O–H groups in total. The topological polar surface area (TPSA) is 66.3 Å². The molecule has 3 rings (SSSR count). The molecular formula is C18H27N3O3. The summed E-state index contributed by atoms with van der Waals surface area (Å²) in [5.41, 5.74) is 1.08. The minimum Gasteiger partial charge on any atom is -0.508 e. The van der Waals surface area contributed by atoms with Gasteiger partial charge in [0.1, 0.15) is 11.9 Å². The number of hydrogen-bond acceptors (Lipinski definition) is 4. The normalized spacial score (nSPS) is 25.0. The van der Waals surface area contributed by atoms with Gasteiger partial charge in [0.2, 0.25) is 0 Å². The fourth-order valence-corrected chi connectivity index (χ4v) is 3.18. The van der Waals surface area contributed by atoms with Gasteiger partial charge in [0.05, 0.1) is 19.3 Å². The van der Waals surface area contributed by atoms with Gasteiger partial charge in [-0.15, -0.1) is 0 Å². The van der Waals surface area contributed by atoms with E-state index >= 15 is 0 Å². The lowest BCUT2D eigenvalue weighted by Crippen LogP contribution is -2.53. The van der Waals surface area contributed by atoms with E-state index in [1.165, 1.54) is 0 Å². The summed E-state index contributed by atoms with van der Waals surface area (Å²) >= 11 is 0. The van der Waals surface area contributed by atoms with Crippen LogP contribution in [0.2, 0.25) is 0 Å². The van der Waals surface area contributed by atoms with Crippen LogP contribution in [0.1, 0.15) is 25.3 Å². The first-order chi connectivity index (χ1) is 11.8. The van der Waals surface area contributed by atoms with Gasteiger partial charge in [-0.2, -0.15) is 0 Å². The molecule has 132 valence electrons. The number of rotatable bonds is 4. The summed E-state index contributed by atoms with van der Waals surface area (Å²) in [7, 11) is 0. The summed E-state index contributed by atoms with van der Waals surface area (Å²) in [4.78, 5) is 7.02. The van der Waals surface area contributed by atoms with Crippen molar-refractivity contribution in [2.24, 2.45) is 4.99 Å². The summed E-state index contributed by atoms with van der Waals surface area (Å²) in [6, 6.07) is 7.19. The van der Waals surface area contributed by atoms with Gasteiger partial charge in [-0.3, -0.25) is 0 Å². The second-order valence-corrected chi connectivity index (χ2v) is 6.24. The number of ether oxygens (including phenoxy) is 2. The molecule has 2 unspecified atom stereocenters. The van der Waals surface area contributed by atoms with Crippen molar-refractivity contribution in [1.82, 2.24) is 10.2 Å².